The first kappa shape index (κ1) is 81.0. The Kier molecular flexibility index (Phi) is 23.6. The van der Waals surface area contributed by atoms with Gasteiger partial charge in [0.2, 0.25) is 11.0 Å². The fourth-order valence-electron chi connectivity index (χ4n) is 16.0. The van der Waals surface area contributed by atoms with Crippen LogP contribution in [0.15, 0.2) is 346 Å². The molecule has 3 radical (unpaired) electrons. The molecule has 1 aliphatic rings. The molecule has 4 aromatic heterocycles. The Morgan fingerprint density at radius 1 is 0.350 bits per heavy atom. The van der Waals surface area contributed by atoms with Crippen LogP contribution < -0.4 is 9.80 Å². The third-order valence-corrected chi connectivity index (χ3v) is 21.8. The average Bonchev–Trinajstić information content (AvgIpc) is 1.72. The van der Waals surface area contributed by atoms with Gasteiger partial charge in [0.1, 0.15) is 42.3 Å². The second kappa shape index (κ2) is 35.8. The van der Waals surface area contributed by atoms with Crippen molar-refractivity contribution in [2.75, 3.05) is 16.2 Å². The molecule has 0 fully saturated rings. The summed E-state index contributed by atoms with van der Waals surface area (Å²) in [5, 5.41) is 32.9. The quantitative estimate of drug-likeness (QED) is 0.0493. The number of aromatic nitrogens is 7. The molecule has 15 nitrogen and oxygen atoms in total. The molecule has 0 spiro atoms. The summed E-state index contributed by atoms with van der Waals surface area (Å²) in [5.74, 6) is -0.890. The Bertz CT molecular complexity index is 7150. The minimum absolute atomic E-state index is 0. The van der Waals surface area contributed by atoms with Crippen molar-refractivity contribution in [1.29, 1.82) is 15.8 Å². The van der Waals surface area contributed by atoms with Gasteiger partial charge in [-0.05, 0) is 181 Å². The first-order valence-corrected chi connectivity index (χ1v) is 40.3. The van der Waals surface area contributed by atoms with Gasteiger partial charge in [0, 0.05) is 56.0 Å². The van der Waals surface area contributed by atoms with Crippen LogP contribution in [-0.4, -0.2) is 74.7 Å². The molecule has 0 N–H and O–H groups in total. The van der Waals surface area contributed by atoms with Crippen LogP contribution in [0.1, 0.15) is 42.1 Å². The smallest absolute Gasteiger partial charge is 0.307 e. The number of fused-ring (bicyclic) bond motifs is 13. The van der Waals surface area contributed by atoms with Gasteiger partial charge in [-0.25, -0.2) is 19.3 Å². The van der Waals surface area contributed by atoms with E-state index in [1.807, 2.05) is 0 Å². The molecule has 4 heterocycles. The van der Waals surface area contributed by atoms with Crippen LogP contribution >= 0.6 is 8.46 Å². The molecule has 0 amide bonds. The van der Waals surface area contributed by atoms with Crippen LogP contribution in [0.2, 0.25) is 0 Å². The predicted molar refractivity (Wildman–Crippen MR) is 501 cm³/mol. The average molecular weight is 1800 g/mol. The SMILES string of the molecule is CC1(C)c2ccccc2-c2ccc(N(c3ccc(-c4ccccc4)cc3)c3ccc(-c4ccc5c(c4)c4ccccc4n5-c4ccccc4)cc3)cc21.[B]PCF.[BiH2].[C-]#[N+]c1nc2c(nc1C#N)c1nc(C#N)c(C#N)nc1c1nc([N+]#[C-])c([N+]#[C-])nc21.c1ccc(-c2ccc(N(c3ccccc3)c3ccc(-c4cccc5ccccc45)cc3)cc2)cc1. The normalized spacial score (nSPS) is 11.4. The van der Waals surface area contributed by atoms with E-state index in [1.165, 1.54) is 105 Å². The second-order valence-corrected chi connectivity index (χ2v) is 29.7. The summed E-state index contributed by atoms with van der Waals surface area (Å²) in [7, 11) is 4.65. The summed E-state index contributed by atoms with van der Waals surface area (Å²) in [6, 6.07) is 130. The topological polar surface area (TPSA) is 173 Å². The van der Waals surface area contributed by atoms with Crippen LogP contribution in [0.3, 0.4) is 0 Å². The van der Waals surface area contributed by atoms with Crippen LogP contribution in [0.4, 0.5) is 56.0 Å². The number of halogens is 1. The number of hydrogen-bond donors (Lipinski definition) is 0. The number of para-hydroxylation sites is 3. The van der Waals surface area contributed by atoms with E-state index in [1.54, 1.807) is 18.2 Å². The van der Waals surface area contributed by atoms with Gasteiger partial charge in [-0.1, -0.05) is 276 Å². The van der Waals surface area contributed by atoms with Gasteiger partial charge in [0.15, 0.2) is 17.1 Å². The Labute approximate surface area is 732 Å². The van der Waals surface area contributed by atoms with Crippen LogP contribution in [0, 0.1) is 53.7 Å². The third kappa shape index (κ3) is 15.8. The monoisotopic (exact) mass is 1800 g/mol. The maximum absolute atomic E-state index is 10.6. The largest absolute Gasteiger partial charge is 0.370 e. The van der Waals surface area contributed by atoms with E-state index in [2.05, 4.69) is 426 Å². The molecule has 1 aliphatic carbocycles. The molecule has 0 saturated heterocycles. The fourth-order valence-corrected chi connectivity index (χ4v) is 16.0. The maximum atomic E-state index is 10.6. The fraction of sp³-hybridized carbons (Fsp3) is 0.0385. The molecule has 0 aliphatic heterocycles. The van der Waals surface area contributed by atoms with Crippen molar-refractivity contribution in [3.63, 3.8) is 0 Å². The number of benzene rings is 15. The van der Waals surface area contributed by atoms with Gasteiger partial charge in [0.05, 0.1) is 17.4 Å². The Morgan fingerprint density at radius 2 is 0.715 bits per heavy atom. The summed E-state index contributed by atoms with van der Waals surface area (Å²) < 4.78 is 13.0. The summed E-state index contributed by atoms with van der Waals surface area (Å²) in [5.41, 5.74) is 24.6. The van der Waals surface area contributed by atoms with Gasteiger partial charge in [0.25, 0.3) is 17.2 Å². The van der Waals surface area contributed by atoms with Crippen LogP contribution in [0.5, 0.6) is 0 Å². The zero-order chi connectivity index (χ0) is 83.8. The molecular formula is C104H68BBiFN15P. The Hall–Kier alpha value is -15.8. The van der Waals surface area contributed by atoms with E-state index in [0.717, 1.165) is 34.1 Å². The van der Waals surface area contributed by atoms with E-state index in [9.17, 15) is 20.2 Å². The summed E-state index contributed by atoms with van der Waals surface area (Å²) in [4.78, 5) is 39.1. The molecule has 123 heavy (non-hydrogen) atoms. The molecule has 579 valence electrons. The van der Waals surface area contributed by atoms with E-state index in [0.29, 0.717) is 0 Å². The van der Waals surface area contributed by atoms with Gasteiger partial charge in [-0.15, -0.1) is 23.4 Å². The summed E-state index contributed by atoms with van der Waals surface area (Å²) in [6.07, 6.45) is -0.375. The Morgan fingerprint density at radius 3 is 1.24 bits per heavy atom. The molecule has 0 bridgehead atoms. The summed E-state index contributed by atoms with van der Waals surface area (Å²) >= 11 is 0. The third-order valence-electron chi connectivity index (χ3n) is 21.7. The van der Waals surface area contributed by atoms with Crippen molar-refractivity contribution in [2.24, 2.45) is 0 Å². The minimum Gasteiger partial charge on any atom is -0.370 e. The zero-order valence-corrected chi connectivity index (χ0v) is 71.8. The molecule has 19 aromatic rings. The van der Waals surface area contributed by atoms with Crippen molar-refractivity contribution in [3.8, 4) is 79.5 Å². The van der Waals surface area contributed by atoms with Crippen LogP contribution in [-0.2, 0) is 5.41 Å². The molecule has 19 heteroatoms. The van der Waals surface area contributed by atoms with Gasteiger partial charge < -0.3 is 28.9 Å². The first-order valence-electron chi connectivity index (χ1n) is 39.0. The second-order valence-electron chi connectivity index (χ2n) is 29.1. The number of alkyl halides is 1. The van der Waals surface area contributed by atoms with Gasteiger partial charge in [-0.2, -0.15) is 15.8 Å². The predicted octanol–water partition coefficient (Wildman–Crippen LogP) is 26.1. The number of hydrogen-bond acceptors (Lipinski definition) is 11. The van der Waals surface area contributed by atoms with Crippen molar-refractivity contribution in [2.45, 2.75) is 19.3 Å². The Balaban J connectivity index is 0.000000140. The van der Waals surface area contributed by atoms with Gasteiger partial charge >= 0.3 is 32.0 Å². The van der Waals surface area contributed by atoms with Crippen LogP contribution in [0.25, 0.3) is 142 Å². The molecule has 1 unspecified atom stereocenters. The number of nitriles is 3. The standard InChI is InChI=1S/C51H38N2.C34H25N.C18N12.CH3BFP.Bi.2H/c1-51(2)47-19-11-9-17-43(47)44-31-30-42(34-48(44)51)52(40-26-21-36(22-27-40)35-13-5-3-6-14-35)41-28-23-37(24-29-41)38-25-32-50-46(33-38)45-18-10-12-20-49(45)53(50)39-15-7-4-8-16-39;1-3-10-26(11-4-1)27-18-22-31(23-19-27)35(30-14-5-2-6-15-30)32-24-20-29(21-25-32)34-17-9-13-28-12-7-8-16-33(28)34;1-22-16-9(6-21)27-12-10-11(26-8(5-20)7(4-19)25-10)14-15(13(12)28-16)30-18(24-3)17(23-2)29-14;2-4-1-3;;;/h3-34H,1-2H3;1-25H;;4H,1H2;;;. The summed E-state index contributed by atoms with van der Waals surface area (Å²) in [6.45, 7) is 26.4. The molecule has 1 atom stereocenters. The van der Waals surface area contributed by atoms with E-state index < -0.39 is 0 Å². The maximum Gasteiger partial charge on any atom is 0.307 e. The van der Waals surface area contributed by atoms with Crippen molar-refractivity contribution in [3.05, 3.63) is 408 Å². The minimum atomic E-state index is -0.375. The van der Waals surface area contributed by atoms with E-state index >= 15 is 0 Å². The number of anilines is 6. The van der Waals surface area contributed by atoms with Crippen molar-refractivity contribution >= 4 is 159 Å². The molecule has 15 aromatic carbocycles. The van der Waals surface area contributed by atoms with E-state index in [4.69, 9.17) is 19.7 Å². The van der Waals surface area contributed by atoms with Gasteiger partial charge in [-0.3, -0.25) is 0 Å². The molecule has 20 rings (SSSR count). The van der Waals surface area contributed by atoms with Crippen molar-refractivity contribution < 1.29 is 4.39 Å². The molecular weight excluding hydrogens is 1730 g/mol. The van der Waals surface area contributed by atoms with Crippen molar-refractivity contribution in [1.82, 2.24) is 34.5 Å². The zero-order valence-electron chi connectivity index (χ0n) is 66.4. The number of nitrogens with zero attached hydrogens (tertiary/aromatic N) is 15. The van der Waals surface area contributed by atoms with E-state index in [-0.39, 0.29) is 114 Å². The molecule has 0 saturated carbocycles. The number of rotatable bonds is 12. The first-order chi connectivity index (χ1) is 59.9.